The summed E-state index contributed by atoms with van der Waals surface area (Å²) in [6.45, 7) is 9.02. The average Bonchev–Trinajstić information content (AvgIpc) is 2.50. The molecule has 0 fully saturated rings. The minimum Gasteiger partial charge on any atom is -0.489 e. The van der Waals surface area contributed by atoms with Crippen molar-refractivity contribution >= 4 is 5.97 Å². The zero-order valence-electron chi connectivity index (χ0n) is 14.3. The Hall–Kier alpha value is -1.77. The molecule has 3 nitrogen and oxygen atoms in total. The number of aryl methyl sites for hydroxylation is 2. The monoisotopic (exact) mass is 304 g/mol. The molecule has 0 N–H and O–H groups in total. The number of benzene rings is 1. The molecule has 0 unspecified atom stereocenters. The largest absolute Gasteiger partial charge is 0.489 e. The van der Waals surface area contributed by atoms with Crippen molar-refractivity contribution < 1.29 is 14.3 Å². The minimum absolute atomic E-state index is 0.253. The van der Waals surface area contributed by atoms with E-state index in [0.29, 0.717) is 18.8 Å². The quantitative estimate of drug-likeness (QED) is 0.489. The summed E-state index contributed by atoms with van der Waals surface area (Å²) in [5, 5.41) is 0. The van der Waals surface area contributed by atoms with E-state index in [2.05, 4.69) is 13.8 Å². The van der Waals surface area contributed by atoms with Gasteiger partial charge in [-0.25, -0.2) is 4.79 Å². The van der Waals surface area contributed by atoms with E-state index in [-0.39, 0.29) is 5.97 Å². The predicted octanol–water partition coefficient (Wildman–Crippen LogP) is 4.72. The van der Waals surface area contributed by atoms with Gasteiger partial charge in [0.1, 0.15) is 12.4 Å². The van der Waals surface area contributed by atoms with Crippen molar-refractivity contribution in [2.45, 2.75) is 53.4 Å². The van der Waals surface area contributed by atoms with Crippen LogP contribution < -0.4 is 4.74 Å². The topological polar surface area (TPSA) is 35.5 Å². The lowest BCUT2D eigenvalue weighted by atomic mass is 9.98. The first-order valence-electron chi connectivity index (χ1n) is 8.24. The van der Waals surface area contributed by atoms with Gasteiger partial charge in [-0.15, -0.1) is 0 Å². The molecule has 0 heterocycles. The molecule has 0 atom stereocenters. The lowest BCUT2D eigenvalue weighted by Crippen LogP contribution is -2.09. The second-order valence-electron chi connectivity index (χ2n) is 5.22. The molecule has 1 aromatic rings. The average molecular weight is 304 g/mol. The van der Waals surface area contributed by atoms with Crippen molar-refractivity contribution in [3.05, 3.63) is 41.0 Å². The van der Waals surface area contributed by atoms with Gasteiger partial charge in [-0.3, -0.25) is 0 Å². The van der Waals surface area contributed by atoms with E-state index in [1.807, 2.05) is 38.1 Å². The number of carbonyl (C=O) groups is 1. The Morgan fingerprint density at radius 2 is 1.68 bits per heavy atom. The fourth-order valence-corrected chi connectivity index (χ4v) is 2.41. The number of allylic oxidation sites excluding steroid dienone is 1. The van der Waals surface area contributed by atoms with E-state index >= 15 is 0 Å². The van der Waals surface area contributed by atoms with Gasteiger partial charge >= 0.3 is 5.97 Å². The molecule has 1 rings (SSSR count). The Labute approximate surface area is 134 Å². The Morgan fingerprint density at radius 3 is 2.14 bits per heavy atom. The van der Waals surface area contributed by atoms with Crippen LogP contribution in [-0.4, -0.2) is 19.2 Å². The van der Waals surface area contributed by atoms with Crippen molar-refractivity contribution in [3.63, 3.8) is 0 Å². The summed E-state index contributed by atoms with van der Waals surface area (Å²) in [5.74, 6) is 0.687. The van der Waals surface area contributed by atoms with Gasteiger partial charge in [-0.1, -0.05) is 38.8 Å². The summed E-state index contributed by atoms with van der Waals surface area (Å²) >= 11 is 0. The summed E-state index contributed by atoms with van der Waals surface area (Å²) in [7, 11) is 0. The molecule has 1 aromatic carbocycles. The second-order valence-corrected chi connectivity index (χ2v) is 5.22. The van der Waals surface area contributed by atoms with Crippen molar-refractivity contribution in [2.75, 3.05) is 13.2 Å². The molecule has 0 radical (unpaired) electrons. The third-order valence-electron chi connectivity index (χ3n) is 3.35. The smallest absolute Gasteiger partial charge is 0.338 e. The summed E-state index contributed by atoms with van der Waals surface area (Å²) in [6.07, 6.45) is 7.79. The zero-order chi connectivity index (χ0) is 16.4. The fourth-order valence-electron chi connectivity index (χ4n) is 2.41. The van der Waals surface area contributed by atoms with Gasteiger partial charge in [0.15, 0.2) is 0 Å². The van der Waals surface area contributed by atoms with Crippen molar-refractivity contribution in [2.24, 2.45) is 0 Å². The lowest BCUT2D eigenvalue weighted by Gasteiger charge is -2.16. The molecule has 0 aliphatic heterocycles. The maximum absolute atomic E-state index is 12.1. The molecule has 0 saturated heterocycles. The highest BCUT2D eigenvalue weighted by Crippen LogP contribution is 2.29. The maximum Gasteiger partial charge on any atom is 0.338 e. The minimum atomic E-state index is -0.253. The van der Waals surface area contributed by atoms with Gasteiger partial charge in [0.2, 0.25) is 0 Å². The SMILES string of the molecule is C/C=C/COc1c(CCC)cc(C(=O)OCC)cc1CCC. The third-order valence-corrected chi connectivity index (χ3v) is 3.35. The number of ether oxygens (including phenoxy) is 2. The second kappa shape index (κ2) is 10.0. The van der Waals surface area contributed by atoms with Crippen LogP contribution in [0.15, 0.2) is 24.3 Å². The van der Waals surface area contributed by atoms with Gasteiger partial charge < -0.3 is 9.47 Å². The molecule has 0 saturated carbocycles. The predicted molar refractivity (Wildman–Crippen MR) is 90.7 cm³/mol. The molecule has 3 heteroatoms. The van der Waals surface area contributed by atoms with Gasteiger partial charge in [0.25, 0.3) is 0 Å². The molecule has 122 valence electrons. The first kappa shape index (κ1) is 18.3. The number of hydrogen-bond acceptors (Lipinski definition) is 3. The maximum atomic E-state index is 12.1. The highest BCUT2D eigenvalue weighted by atomic mass is 16.5. The van der Waals surface area contributed by atoms with Crippen LogP contribution in [0.1, 0.15) is 62.0 Å². The van der Waals surface area contributed by atoms with E-state index < -0.39 is 0 Å². The molecular formula is C19H28O3. The highest BCUT2D eigenvalue weighted by Gasteiger charge is 2.16. The molecule has 0 aromatic heterocycles. The summed E-state index contributed by atoms with van der Waals surface area (Å²) < 4.78 is 11.1. The molecule has 0 amide bonds. The van der Waals surface area contributed by atoms with Crippen LogP contribution in [0.3, 0.4) is 0 Å². The Bertz CT molecular complexity index is 476. The lowest BCUT2D eigenvalue weighted by molar-refractivity contribution is 0.0526. The highest BCUT2D eigenvalue weighted by molar-refractivity contribution is 5.90. The number of carbonyl (C=O) groups excluding carboxylic acids is 1. The van der Waals surface area contributed by atoms with E-state index in [4.69, 9.17) is 9.47 Å². The normalized spacial score (nSPS) is 10.9. The molecule has 0 bridgehead atoms. The summed E-state index contributed by atoms with van der Waals surface area (Å²) in [5.41, 5.74) is 2.83. The Kier molecular flexibility index (Phi) is 8.34. The van der Waals surface area contributed by atoms with Crippen molar-refractivity contribution in [1.29, 1.82) is 0 Å². The van der Waals surface area contributed by atoms with Crippen LogP contribution in [0.5, 0.6) is 5.75 Å². The van der Waals surface area contributed by atoms with Gasteiger partial charge in [-0.2, -0.15) is 0 Å². The van der Waals surface area contributed by atoms with Crippen LogP contribution in [0, 0.1) is 0 Å². The standard InChI is InChI=1S/C19H28O3/c1-5-9-12-22-18-15(10-6-2)13-17(19(20)21-8-4)14-16(18)11-7-3/h5,9,13-14H,6-8,10-12H2,1-4H3/b9-5+. The van der Waals surface area contributed by atoms with Crippen LogP contribution in [-0.2, 0) is 17.6 Å². The zero-order valence-corrected chi connectivity index (χ0v) is 14.3. The van der Waals surface area contributed by atoms with Gasteiger partial charge in [0, 0.05) is 0 Å². The van der Waals surface area contributed by atoms with E-state index in [9.17, 15) is 4.79 Å². The van der Waals surface area contributed by atoms with E-state index in [1.54, 1.807) is 0 Å². The fraction of sp³-hybridized carbons (Fsp3) is 0.526. The van der Waals surface area contributed by atoms with Gasteiger partial charge in [-0.05, 0) is 49.9 Å². The van der Waals surface area contributed by atoms with Crippen LogP contribution >= 0.6 is 0 Å². The number of rotatable bonds is 9. The van der Waals surface area contributed by atoms with Gasteiger partial charge in [0.05, 0.1) is 12.2 Å². The summed E-state index contributed by atoms with van der Waals surface area (Å²) in [4.78, 5) is 12.1. The molecule has 0 aliphatic carbocycles. The molecule has 22 heavy (non-hydrogen) atoms. The van der Waals surface area contributed by atoms with Crippen LogP contribution in [0.4, 0.5) is 0 Å². The first-order valence-corrected chi connectivity index (χ1v) is 8.24. The van der Waals surface area contributed by atoms with E-state index in [0.717, 1.165) is 42.6 Å². The summed E-state index contributed by atoms with van der Waals surface area (Å²) in [6, 6.07) is 3.84. The van der Waals surface area contributed by atoms with Crippen molar-refractivity contribution in [1.82, 2.24) is 0 Å². The van der Waals surface area contributed by atoms with Crippen LogP contribution in [0.25, 0.3) is 0 Å². The molecule has 0 spiro atoms. The van der Waals surface area contributed by atoms with Crippen molar-refractivity contribution in [3.8, 4) is 5.75 Å². The Morgan fingerprint density at radius 1 is 1.09 bits per heavy atom. The first-order chi connectivity index (χ1) is 10.7. The van der Waals surface area contributed by atoms with Crippen LogP contribution in [0.2, 0.25) is 0 Å². The third kappa shape index (κ3) is 5.21. The molecular weight excluding hydrogens is 276 g/mol. The Balaban J connectivity index is 3.22. The van der Waals surface area contributed by atoms with E-state index in [1.165, 1.54) is 0 Å². The number of hydrogen-bond donors (Lipinski definition) is 0. The molecule has 0 aliphatic rings. The number of esters is 1.